The van der Waals surface area contributed by atoms with E-state index in [2.05, 4.69) is 29.7 Å². The third-order valence-corrected chi connectivity index (χ3v) is 2.23. The van der Waals surface area contributed by atoms with Gasteiger partial charge in [0.05, 0.1) is 11.7 Å². The van der Waals surface area contributed by atoms with Crippen LogP contribution in [0.3, 0.4) is 0 Å². The first-order chi connectivity index (χ1) is 5.31. The van der Waals surface area contributed by atoms with E-state index in [1.54, 1.807) is 0 Å². The molecule has 1 aromatic rings. The first kappa shape index (κ1) is 6.89. The van der Waals surface area contributed by atoms with Gasteiger partial charge in [-0.05, 0) is 32.3 Å². The Morgan fingerprint density at radius 3 is 2.82 bits per heavy atom. The molecule has 0 radical (unpaired) electrons. The van der Waals surface area contributed by atoms with Crippen molar-refractivity contribution in [2.45, 2.75) is 39.2 Å². The van der Waals surface area contributed by atoms with Gasteiger partial charge in [0.25, 0.3) is 0 Å². The molecule has 0 atom stereocenters. The molecule has 0 unspecified atom stereocenters. The number of nitrogens with zero attached hydrogens (tertiary/aromatic N) is 2. The Morgan fingerprint density at radius 1 is 1.64 bits per heavy atom. The largest absolute Gasteiger partial charge is 0.267 e. The summed E-state index contributed by atoms with van der Waals surface area (Å²) in [6.07, 6.45) is 3.71. The fourth-order valence-corrected chi connectivity index (χ4v) is 1.41. The predicted octanol–water partition coefficient (Wildman–Crippen LogP) is 2.09. The van der Waals surface area contributed by atoms with Crippen LogP contribution in [0.25, 0.3) is 0 Å². The summed E-state index contributed by atoms with van der Waals surface area (Å²) in [5.74, 6) is 0. The van der Waals surface area contributed by atoms with Crippen LogP contribution in [-0.2, 0) is 6.42 Å². The first-order valence-electron chi connectivity index (χ1n) is 4.36. The van der Waals surface area contributed by atoms with Gasteiger partial charge in [-0.3, -0.25) is 4.68 Å². The Morgan fingerprint density at radius 2 is 2.36 bits per heavy atom. The molecule has 1 aliphatic carbocycles. The van der Waals surface area contributed by atoms with Gasteiger partial charge >= 0.3 is 0 Å². The Hall–Kier alpha value is -0.790. The minimum absolute atomic E-state index is 0.732. The molecule has 0 aliphatic heterocycles. The standard InChI is InChI=1S/C9H14N2/c1-3-8-6-7(2)11(10-8)9-4-5-9/h6,9H,3-5H2,1-2H3. The van der Waals surface area contributed by atoms with Gasteiger partial charge in [0.2, 0.25) is 0 Å². The third-order valence-electron chi connectivity index (χ3n) is 2.23. The van der Waals surface area contributed by atoms with E-state index in [1.807, 2.05) is 0 Å². The summed E-state index contributed by atoms with van der Waals surface area (Å²) in [5.41, 5.74) is 2.55. The number of hydrogen-bond acceptors (Lipinski definition) is 1. The second-order valence-electron chi connectivity index (χ2n) is 3.31. The van der Waals surface area contributed by atoms with Crippen LogP contribution in [0.5, 0.6) is 0 Å². The topological polar surface area (TPSA) is 17.8 Å². The SMILES string of the molecule is CCc1cc(C)n(C2CC2)n1. The summed E-state index contributed by atoms with van der Waals surface area (Å²) in [5, 5.41) is 4.51. The number of aromatic nitrogens is 2. The fourth-order valence-electron chi connectivity index (χ4n) is 1.41. The zero-order valence-corrected chi connectivity index (χ0v) is 7.17. The molecule has 0 spiro atoms. The summed E-state index contributed by atoms with van der Waals surface area (Å²) < 4.78 is 2.18. The third kappa shape index (κ3) is 1.17. The molecule has 11 heavy (non-hydrogen) atoms. The van der Waals surface area contributed by atoms with E-state index >= 15 is 0 Å². The van der Waals surface area contributed by atoms with Crippen molar-refractivity contribution >= 4 is 0 Å². The van der Waals surface area contributed by atoms with Crippen molar-refractivity contribution in [2.24, 2.45) is 0 Å². The molecule has 2 heteroatoms. The number of hydrogen-bond donors (Lipinski definition) is 0. The summed E-state index contributed by atoms with van der Waals surface area (Å²) in [6, 6.07) is 2.92. The normalized spacial score (nSPS) is 17.3. The van der Waals surface area contributed by atoms with E-state index in [4.69, 9.17) is 0 Å². The van der Waals surface area contributed by atoms with E-state index in [1.165, 1.54) is 24.2 Å². The molecule has 2 rings (SSSR count). The van der Waals surface area contributed by atoms with E-state index in [-0.39, 0.29) is 0 Å². The van der Waals surface area contributed by atoms with E-state index in [0.29, 0.717) is 0 Å². The maximum Gasteiger partial charge on any atom is 0.0624 e. The van der Waals surface area contributed by atoms with Crippen molar-refractivity contribution in [3.05, 3.63) is 17.5 Å². The Kier molecular flexibility index (Phi) is 1.48. The summed E-state index contributed by atoms with van der Waals surface area (Å²) in [4.78, 5) is 0. The summed E-state index contributed by atoms with van der Waals surface area (Å²) >= 11 is 0. The van der Waals surface area contributed by atoms with Gasteiger partial charge in [0.1, 0.15) is 0 Å². The van der Waals surface area contributed by atoms with Crippen LogP contribution in [0, 0.1) is 6.92 Å². The second-order valence-corrected chi connectivity index (χ2v) is 3.31. The Labute approximate surface area is 67.2 Å². The number of rotatable bonds is 2. The van der Waals surface area contributed by atoms with Gasteiger partial charge in [-0.15, -0.1) is 0 Å². The average Bonchev–Trinajstić information content (AvgIpc) is 2.76. The molecule has 1 aliphatic rings. The molecular formula is C9H14N2. The first-order valence-corrected chi connectivity index (χ1v) is 4.36. The molecule has 1 saturated carbocycles. The highest BCUT2D eigenvalue weighted by Crippen LogP contribution is 2.35. The lowest BCUT2D eigenvalue weighted by Crippen LogP contribution is -1.98. The molecule has 1 heterocycles. The average molecular weight is 150 g/mol. The number of aryl methyl sites for hydroxylation is 2. The van der Waals surface area contributed by atoms with Gasteiger partial charge in [0, 0.05) is 5.69 Å². The maximum atomic E-state index is 4.51. The fraction of sp³-hybridized carbons (Fsp3) is 0.667. The highest BCUT2D eigenvalue weighted by molar-refractivity contribution is 5.10. The molecule has 0 amide bonds. The van der Waals surface area contributed by atoms with Gasteiger partial charge in [0.15, 0.2) is 0 Å². The van der Waals surface area contributed by atoms with Gasteiger partial charge < -0.3 is 0 Å². The molecule has 1 fully saturated rings. The Bertz CT molecular complexity index is 259. The zero-order valence-electron chi connectivity index (χ0n) is 7.17. The molecule has 0 bridgehead atoms. The van der Waals surface area contributed by atoms with Gasteiger partial charge in [-0.1, -0.05) is 6.92 Å². The molecule has 0 saturated heterocycles. The van der Waals surface area contributed by atoms with Crippen LogP contribution in [0.1, 0.15) is 37.2 Å². The molecule has 1 aromatic heterocycles. The van der Waals surface area contributed by atoms with Crippen molar-refractivity contribution in [1.29, 1.82) is 0 Å². The van der Waals surface area contributed by atoms with Crippen molar-refractivity contribution < 1.29 is 0 Å². The van der Waals surface area contributed by atoms with Crippen LogP contribution in [0.15, 0.2) is 6.07 Å². The Balaban J connectivity index is 2.30. The molecule has 0 N–H and O–H groups in total. The highest BCUT2D eigenvalue weighted by atomic mass is 15.3. The van der Waals surface area contributed by atoms with Crippen LogP contribution in [0.4, 0.5) is 0 Å². The second kappa shape index (κ2) is 2.36. The lowest BCUT2D eigenvalue weighted by Gasteiger charge is -1.98. The predicted molar refractivity (Wildman–Crippen MR) is 44.6 cm³/mol. The summed E-state index contributed by atoms with van der Waals surface area (Å²) in [7, 11) is 0. The molecular weight excluding hydrogens is 136 g/mol. The lowest BCUT2D eigenvalue weighted by atomic mass is 10.3. The zero-order chi connectivity index (χ0) is 7.84. The van der Waals surface area contributed by atoms with Crippen molar-refractivity contribution in [2.75, 3.05) is 0 Å². The van der Waals surface area contributed by atoms with Crippen LogP contribution >= 0.6 is 0 Å². The van der Waals surface area contributed by atoms with Crippen LogP contribution < -0.4 is 0 Å². The molecule has 2 nitrogen and oxygen atoms in total. The smallest absolute Gasteiger partial charge is 0.0624 e. The molecule has 0 aromatic carbocycles. The minimum Gasteiger partial charge on any atom is -0.267 e. The van der Waals surface area contributed by atoms with E-state index in [0.717, 1.165) is 12.5 Å². The van der Waals surface area contributed by atoms with Crippen LogP contribution in [-0.4, -0.2) is 9.78 Å². The van der Waals surface area contributed by atoms with Gasteiger partial charge in [-0.2, -0.15) is 5.10 Å². The van der Waals surface area contributed by atoms with Crippen molar-refractivity contribution in [3.8, 4) is 0 Å². The van der Waals surface area contributed by atoms with Crippen molar-refractivity contribution in [1.82, 2.24) is 9.78 Å². The van der Waals surface area contributed by atoms with E-state index in [9.17, 15) is 0 Å². The van der Waals surface area contributed by atoms with Crippen LogP contribution in [0.2, 0.25) is 0 Å². The monoisotopic (exact) mass is 150 g/mol. The molecule has 60 valence electrons. The highest BCUT2D eigenvalue weighted by Gasteiger charge is 2.25. The quantitative estimate of drug-likeness (QED) is 0.631. The van der Waals surface area contributed by atoms with Crippen molar-refractivity contribution in [3.63, 3.8) is 0 Å². The lowest BCUT2D eigenvalue weighted by molar-refractivity contribution is 0.613. The maximum absolute atomic E-state index is 4.51. The minimum atomic E-state index is 0.732. The summed E-state index contributed by atoms with van der Waals surface area (Å²) in [6.45, 7) is 4.30. The van der Waals surface area contributed by atoms with E-state index < -0.39 is 0 Å². The van der Waals surface area contributed by atoms with Gasteiger partial charge in [-0.25, -0.2) is 0 Å².